The smallest absolute Gasteiger partial charge is 0.382 e. The van der Waals surface area contributed by atoms with Crippen LogP contribution in [0.3, 0.4) is 0 Å². The van der Waals surface area contributed by atoms with E-state index in [9.17, 15) is 18.8 Å². The van der Waals surface area contributed by atoms with E-state index in [0.717, 1.165) is 35.0 Å². The number of carbonyl (C=O) groups excluding carboxylic acids is 1. The fourth-order valence-electron chi connectivity index (χ4n) is 3.80. The fourth-order valence-corrected chi connectivity index (χ4v) is 3.80. The standard InChI is InChI=1S/C25H25F2N3O2/c1-15-6-5-7-17(13-28)20(15)14-30-21-12-18(25(26,27)23(31)32-24(2,3)4)10-11-19(21)22(29-30)16-8-9-16/h5-7,10-12,16H,8-9,14H2,1-4H3. The highest BCUT2D eigenvalue weighted by Crippen LogP contribution is 2.43. The molecule has 2 aromatic carbocycles. The summed E-state index contributed by atoms with van der Waals surface area (Å²) in [7, 11) is 0. The predicted molar refractivity (Wildman–Crippen MR) is 116 cm³/mol. The van der Waals surface area contributed by atoms with Crippen LogP contribution in [0.1, 0.15) is 67.5 Å². The summed E-state index contributed by atoms with van der Waals surface area (Å²) in [4.78, 5) is 12.2. The summed E-state index contributed by atoms with van der Waals surface area (Å²) in [5.74, 6) is -5.07. The quantitative estimate of drug-likeness (QED) is 0.489. The van der Waals surface area contributed by atoms with Gasteiger partial charge in [0.2, 0.25) is 0 Å². The van der Waals surface area contributed by atoms with Crippen LogP contribution in [-0.4, -0.2) is 21.4 Å². The number of aryl methyl sites for hydroxylation is 1. The first kappa shape index (κ1) is 21.9. The SMILES string of the molecule is Cc1cccc(C#N)c1Cn1nc(C2CC2)c2ccc(C(F)(F)C(=O)OC(C)(C)C)cc21. The van der Waals surface area contributed by atoms with Gasteiger partial charge in [-0.25, -0.2) is 4.79 Å². The van der Waals surface area contributed by atoms with Crippen LogP contribution >= 0.6 is 0 Å². The molecule has 1 fully saturated rings. The van der Waals surface area contributed by atoms with Crippen molar-refractivity contribution in [3.63, 3.8) is 0 Å². The molecule has 0 bridgehead atoms. The third-order valence-electron chi connectivity index (χ3n) is 5.60. The lowest BCUT2D eigenvalue weighted by molar-refractivity contribution is -0.185. The van der Waals surface area contributed by atoms with Crippen LogP contribution in [-0.2, 0) is 22.0 Å². The Morgan fingerprint density at radius 3 is 2.59 bits per heavy atom. The zero-order valence-electron chi connectivity index (χ0n) is 18.6. The first-order valence-electron chi connectivity index (χ1n) is 10.6. The van der Waals surface area contributed by atoms with E-state index < -0.39 is 23.1 Å². The van der Waals surface area contributed by atoms with E-state index in [-0.39, 0.29) is 6.54 Å². The van der Waals surface area contributed by atoms with Crippen molar-refractivity contribution in [1.82, 2.24) is 9.78 Å². The Morgan fingerprint density at radius 1 is 1.25 bits per heavy atom. The molecule has 1 aromatic heterocycles. The number of halogens is 2. The number of hydrogen-bond acceptors (Lipinski definition) is 4. The largest absolute Gasteiger partial charge is 0.455 e. The summed E-state index contributed by atoms with van der Waals surface area (Å²) < 4.78 is 36.6. The van der Waals surface area contributed by atoms with E-state index in [1.54, 1.807) is 37.6 Å². The molecule has 32 heavy (non-hydrogen) atoms. The van der Waals surface area contributed by atoms with E-state index in [2.05, 4.69) is 6.07 Å². The van der Waals surface area contributed by atoms with Crippen molar-refractivity contribution in [2.75, 3.05) is 0 Å². The van der Waals surface area contributed by atoms with Gasteiger partial charge < -0.3 is 4.74 Å². The Balaban J connectivity index is 1.81. The number of benzene rings is 2. The second-order valence-corrected chi connectivity index (χ2v) is 9.34. The van der Waals surface area contributed by atoms with Crippen LogP contribution in [0, 0.1) is 18.3 Å². The summed E-state index contributed by atoms with van der Waals surface area (Å²) >= 11 is 0. The average Bonchev–Trinajstić information content (AvgIpc) is 3.50. The fraction of sp³-hybridized carbons (Fsp3) is 0.400. The zero-order chi connectivity index (χ0) is 23.3. The highest BCUT2D eigenvalue weighted by molar-refractivity contribution is 5.87. The molecule has 1 aliphatic carbocycles. The molecule has 7 heteroatoms. The maximum atomic E-state index is 15.0. The minimum atomic E-state index is -3.79. The number of fused-ring (bicyclic) bond motifs is 1. The van der Waals surface area contributed by atoms with Crippen LogP contribution < -0.4 is 0 Å². The lowest BCUT2D eigenvalue weighted by Gasteiger charge is -2.23. The molecular weight excluding hydrogens is 412 g/mol. The lowest BCUT2D eigenvalue weighted by atomic mass is 10.0. The van der Waals surface area contributed by atoms with Crippen molar-refractivity contribution in [2.45, 2.75) is 64.5 Å². The number of nitriles is 1. The number of ether oxygens (including phenoxy) is 1. The molecule has 0 radical (unpaired) electrons. The van der Waals surface area contributed by atoms with Gasteiger partial charge in [0.1, 0.15) is 5.60 Å². The molecule has 0 aliphatic heterocycles. The highest BCUT2D eigenvalue weighted by Gasteiger charge is 2.45. The molecule has 0 atom stereocenters. The molecule has 1 saturated carbocycles. The number of nitrogens with zero attached hydrogens (tertiary/aromatic N) is 3. The van der Waals surface area contributed by atoms with Gasteiger partial charge in [0.15, 0.2) is 0 Å². The molecule has 166 valence electrons. The van der Waals surface area contributed by atoms with Crippen molar-refractivity contribution in [2.24, 2.45) is 0 Å². The average molecular weight is 437 g/mol. The second kappa shape index (κ2) is 7.70. The Bertz CT molecular complexity index is 1240. The molecule has 1 heterocycles. The van der Waals surface area contributed by atoms with Crippen LogP contribution in [0.2, 0.25) is 0 Å². The summed E-state index contributed by atoms with van der Waals surface area (Å²) in [5, 5.41) is 15.0. The van der Waals surface area contributed by atoms with Gasteiger partial charge in [-0.15, -0.1) is 0 Å². The summed E-state index contributed by atoms with van der Waals surface area (Å²) in [6, 6.07) is 11.9. The van der Waals surface area contributed by atoms with Gasteiger partial charge in [0, 0.05) is 16.9 Å². The maximum Gasteiger partial charge on any atom is 0.382 e. The van der Waals surface area contributed by atoms with Crippen LogP contribution in [0.4, 0.5) is 8.78 Å². The molecule has 3 aromatic rings. The van der Waals surface area contributed by atoms with Crippen molar-refractivity contribution in [3.05, 3.63) is 64.3 Å². The minimum absolute atomic E-state index is 0.278. The zero-order valence-corrected chi connectivity index (χ0v) is 18.6. The molecule has 0 amide bonds. The van der Waals surface area contributed by atoms with E-state index in [1.807, 2.05) is 19.1 Å². The number of aromatic nitrogens is 2. The van der Waals surface area contributed by atoms with Gasteiger partial charge in [-0.05, 0) is 63.8 Å². The van der Waals surface area contributed by atoms with Gasteiger partial charge >= 0.3 is 11.9 Å². The van der Waals surface area contributed by atoms with E-state index in [1.165, 1.54) is 12.1 Å². The monoisotopic (exact) mass is 437 g/mol. The molecule has 0 spiro atoms. The van der Waals surface area contributed by atoms with Gasteiger partial charge in [-0.1, -0.05) is 24.3 Å². The third kappa shape index (κ3) is 4.10. The van der Waals surface area contributed by atoms with Crippen molar-refractivity contribution >= 4 is 16.9 Å². The molecule has 1 aliphatic rings. The molecular formula is C25H25F2N3O2. The van der Waals surface area contributed by atoms with Crippen LogP contribution in [0.25, 0.3) is 10.9 Å². The number of alkyl halides is 2. The van der Waals surface area contributed by atoms with Crippen molar-refractivity contribution in [3.8, 4) is 6.07 Å². The molecule has 0 unspecified atom stereocenters. The maximum absolute atomic E-state index is 15.0. The van der Waals surface area contributed by atoms with Crippen molar-refractivity contribution < 1.29 is 18.3 Å². The second-order valence-electron chi connectivity index (χ2n) is 9.34. The minimum Gasteiger partial charge on any atom is -0.455 e. The van der Waals surface area contributed by atoms with Gasteiger partial charge in [-0.2, -0.15) is 19.1 Å². The number of hydrogen-bond donors (Lipinski definition) is 0. The molecule has 5 nitrogen and oxygen atoms in total. The summed E-state index contributed by atoms with van der Waals surface area (Å²) in [6.07, 6.45) is 2.02. The Hall–Kier alpha value is -3.27. The first-order chi connectivity index (χ1) is 15.0. The van der Waals surface area contributed by atoms with E-state index in [0.29, 0.717) is 17.0 Å². The normalized spacial score (nSPS) is 14.4. The Kier molecular flexibility index (Phi) is 5.28. The third-order valence-corrected chi connectivity index (χ3v) is 5.60. The lowest BCUT2D eigenvalue weighted by Crippen LogP contribution is -2.34. The van der Waals surface area contributed by atoms with E-state index in [4.69, 9.17) is 9.84 Å². The van der Waals surface area contributed by atoms with Crippen LogP contribution in [0.15, 0.2) is 36.4 Å². The predicted octanol–water partition coefficient (Wildman–Crippen LogP) is 5.58. The highest BCUT2D eigenvalue weighted by atomic mass is 19.3. The summed E-state index contributed by atoms with van der Waals surface area (Å²) in [6.45, 7) is 6.84. The number of carbonyl (C=O) groups is 1. The Morgan fingerprint density at radius 2 is 1.97 bits per heavy atom. The molecule has 0 saturated heterocycles. The molecule has 4 rings (SSSR count). The van der Waals surface area contributed by atoms with Gasteiger partial charge in [0.05, 0.1) is 29.4 Å². The molecule has 0 N–H and O–H groups in total. The number of esters is 1. The summed E-state index contributed by atoms with van der Waals surface area (Å²) in [5.41, 5.74) is 2.18. The van der Waals surface area contributed by atoms with Gasteiger partial charge in [0.25, 0.3) is 0 Å². The van der Waals surface area contributed by atoms with Crippen LogP contribution in [0.5, 0.6) is 0 Å². The number of rotatable bonds is 5. The topological polar surface area (TPSA) is 67.9 Å². The van der Waals surface area contributed by atoms with Gasteiger partial charge in [-0.3, -0.25) is 4.68 Å². The van der Waals surface area contributed by atoms with Crippen molar-refractivity contribution in [1.29, 1.82) is 5.26 Å². The Labute approximate surface area is 185 Å². The van der Waals surface area contributed by atoms with E-state index >= 15 is 0 Å². The first-order valence-corrected chi connectivity index (χ1v) is 10.6.